The molecule has 0 aliphatic heterocycles. The maximum atomic E-state index is 11.5. The van der Waals surface area contributed by atoms with E-state index in [-0.39, 0.29) is 5.97 Å². The molecule has 0 atom stereocenters. The van der Waals surface area contributed by atoms with E-state index in [0.29, 0.717) is 6.61 Å². The van der Waals surface area contributed by atoms with Gasteiger partial charge in [0.2, 0.25) is 0 Å². The van der Waals surface area contributed by atoms with Crippen molar-refractivity contribution in [1.82, 2.24) is 0 Å². The van der Waals surface area contributed by atoms with Crippen molar-refractivity contribution < 1.29 is 13.6 Å². The molecule has 6 heteroatoms. The fourth-order valence-electron chi connectivity index (χ4n) is 1.53. The van der Waals surface area contributed by atoms with E-state index in [0.717, 1.165) is 12.5 Å². The molecule has 0 saturated heterocycles. The van der Waals surface area contributed by atoms with Gasteiger partial charge in [0.1, 0.15) is 4.32 Å². The molecule has 0 heterocycles. The smallest absolute Gasteiger partial charge is 0.322 e. The zero-order valence-electron chi connectivity index (χ0n) is 11.8. The third-order valence-corrected chi connectivity index (χ3v) is 8.52. The summed E-state index contributed by atoms with van der Waals surface area (Å²) in [4.78, 5) is 11.5. The molecule has 0 aliphatic carbocycles. The van der Waals surface area contributed by atoms with Crippen LogP contribution in [-0.4, -0.2) is 34.3 Å². The number of ether oxygens (including phenoxy) is 1. The molecule has 3 nitrogen and oxygen atoms in total. The minimum Gasteiger partial charge on any atom is -0.465 e. The van der Waals surface area contributed by atoms with Gasteiger partial charge in [-0.15, -0.1) is 0 Å². The predicted molar refractivity (Wildman–Crippen MR) is 80.8 cm³/mol. The summed E-state index contributed by atoms with van der Waals surface area (Å²) in [6, 6.07) is 1.05. The molecule has 0 radical (unpaired) electrons. The Kier molecular flexibility index (Phi) is 7.20. The van der Waals surface area contributed by atoms with Crippen molar-refractivity contribution in [2.75, 3.05) is 6.61 Å². The largest absolute Gasteiger partial charge is 0.465 e. The molecule has 0 aliphatic rings. The zero-order valence-corrected chi connectivity index (χ0v) is 15.5. The average Bonchev–Trinajstić information content (AvgIpc) is 2.08. The number of esters is 1. The van der Waals surface area contributed by atoms with Gasteiger partial charge >= 0.3 is 5.97 Å². The van der Waals surface area contributed by atoms with Crippen LogP contribution in [0.5, 0.6) is 0 Å². The van der Waals surface area contributed by atoms with Gasteiger partial charge in [-0.05, 0) is 52.5 Å². The van der Waals surface area contributed by atoms with Crippen LogP contribution in [0.4, 0.5) is 0 Å². The quantitative estimate of drug-likeness (QED) is 0.308. The van der Waals surface area contributed by atoms with Gasteiger partial charge in [-0.3, -0.25) is 4.79 Å². The Balaban J connectivity index is 3.82. The molecular formula is C11H25BrO3Si2. The molecular weight excluding hydrogens is 316 g/mol. The number of carbonyl (C=O) groups is 1. The predicted octanol–water partition coefficient (Wildman–Crippen LogP) is 3.30. The van der Waals surface area contributed by atoms with E-state index in [4.69, 9.17) is 8.85 Å². The van der Waals surface area contributed by atoms with Gasteiger partial charge in [-0.1, -0.05) is 15.9 Å². The maximum absolute atomic E-state index is 11.5. The zero-order chi connectivity index (χ0) is 13.7. The Labute approximate surface area is 116 Å². The molecule has 0 bridgehead atoms. The summed E-state index contributed by atoms with van der Waals surface area (Å²) in [5, 5.41) is 0. The first-order chi connectivity index (χ1) is 7.54. The van der Waals surface area contributed by atoms with Crippen LogP contribution >= 0.6 is 15.9 Å². The molecule has 0 unspecified atom stereocenters. The lowest BCUT2D eigenvalue weighted by Gasteiger charge is -2.25. The average molecular weight is 341 g/mol. The number of carbonyl (C=O) groups excluding carboxylic acids is 1. The van der Waals surface area contributed by atoms with Gasteiger partial charge in [-0.25, -0.2) is 0 Å². The second-order valence-electron chi connectivity index (χ2n) is 5.64. The van der Waals surface area contributed by atoms with E-state index in [2.05, 4.69) is 42.1 Å². The van der Waals surface area contributed by atoms with E-state index < -0.39 is 21.7 Å². The second-order valence-corrected chi connectivity index (χ2v) is 14.7. The summed E-state index contributed by atoms with van der Waals surface area (Å²) < 4.78 is 10.7. The van der Waals surface area contributed by atoms with Crippen LogP contribution in [-0.2, 0) is 13.6 Å². The summed E-state index contributed by atoms with van der Waals surface area (Å²) in [6.07, 6.45) is 0.898. The molecule has 0 amide bonds. The molecule has 17 heavy (non-hydrogen) atoms. The van der Waals surface area contributed by atoms with Crippen molar-refractivity contribution in [1.29, 1.82) is 0 Å². The molecule has 0 aromatic rings. The Morgan fingerprint density at radius 3 is 2.29 bits per heavy atom. The normalized spacial score (nSPS) is 12.9. The molecule has 0 rings (SSSR count). The lowest BCUT2D eigenvalue weighted by atomic mass is 10.2. The third-order valence-electron chi connectivity index (χ3n) is 2.20. The Morgan fingerprint density at radius 2 is 1.88 bits per heavy atom. The summed E-state index contributed by atoms with van der Waals surface area (Å²) in [5.74, 6) is -0.198. The maximum Gasteiger partial charge on any atom is 0.322 e. The SMILES string of the molecule is C[SiH](C)O[Si](C)(C)CCCOC(=O)C(C)(C)Br. The molecule has 0 fully saturated rings. The highest BCUT2D eigenvalue weighted by Crippen LogP contribution is 2.19. The second kappa shape index (κ2) is 7.06. The summed E-state index contributed by atoms with van der Waals surface area (Å²) in [5.41, 5.74) is 0. The standard InChI is InChI=1S/C11H25BrO3Si2/c1-11(2,12)10(13)14-8-7-9-17(5,6)15-16(3)4/h16H,7-9H2,1-6H3. The van der Waals surface area contributed by atoms with Crippen LogP contribution in [0.1, 0.15) is 20.3 Å². The number of rotatable bonds is 7. The summed E-state index contributed by atoms with van der Waals surface area (Å²) >= 11 is 3.28. The Hall–Kier alpha value is 0.344. The molecule has 102 valence electrons. The van der Waals surface area contributed by atoms with Crippen molar-refractivity contribution in [2.24, 2.45) is 0 Å². The lowest BCUT2D eigenvalue weighted by molar-refractivity contribution is -0.145. The molecule has 0 N–H and O–H groups in total. The fourth-order valence-corrected chi connectivity index (χ4v) is 8.22. The van der Waals surface area contributed by atoms with Crippen LogP contribution < -0.4 is 0 Å². The van der Waals surface area contributed by atoms with E-state index in [1.807, 2.05) is 0 Å². The van der Waals surface area contributed by atoms with E-state index in [9.17, 15) is 4.79 Å². The summed E-state index contributed by atoms with van der Waals surface area (Å²) in [6.45, 7) is 12.9. The highest BCUT2D eigenvalue weighted by molar-refractivity contribution is 9.10. The topological polar surface area (TPSA) is 35.5 Å². The minimum absolute atomic E-state index is 0.198. The fraction of sp³-hybridized carbons (Fsp3) is 0.909. The van der Waals surface area contributed by atoms with Crippen molar-refractivity contribution in [3.63, 3.8) is 0 Å². The van der Waals surface area contributed by atoms with Crippen LogP contribution in [0, 0.1) is 0 Å². The van der Waals surface area contributed by atoms with Crippen LogP contribution in [0.3, 0.4) is 0 Å². The molecule has 0 spiro atoms. The number of alkyl halides is 1. The van der Waals surface area contributed by atoms with Gasteiger partial charge in [0.05, 0.1) is 6.61 Å². The van der Waals surface area contributed by atoms with Gasteiger partial charge in [0, 0.05) is 0 Å². The number of halogens is 1. The first-order valence-corrected chi connectivity index (χ1v) is 12.8. The van der Waals surface area contributed by atoms with Crippen molar-refractivity contribution in [3.8, 4) is 0 Å². The number of hydrogen-bond acceptors (Lipinski definition) is 3. The monoisotopic (exact) mass is 340 g/mol. The van der Waals surface area contributed by atoms with E-state index in [1.165, 1.54) is 0 Å². The first-order valence-electron chi connectivity index (χ1n) is 6.08. The lowest BCUT2D eigenvalue weighted by Crippen LogP contribution is -2.35. The van der Waals surface area contributed by atoms with Crippen LogP contribution in [0.15, 0.2) is 0 Å². The number of hydrogen-bond donors (Lipinski definition) is 0. The van der Waals surface area contributed by atoms with Gasteiger partial charge in [0.25, 0.3) is 0 Å². The van der Waals surface area contributed by atoms with Crippen molar-refractivity contribution >= 4 is 39.3 Å². The highest BCUT2D eigenvalue weighted by Gasteiger charge is 2.26. The van der Waals surface area contributed by atoms with Gasteiger partial charge < -0.3 is 8.85 Å². The third kappa shape index (κ3) is 8.99. The van der Waals surface area contributed by atoms with Gasteiger partial charge in [0.15, 0.2) is 17.4 Å². The Morgan fingerprint density at radius 1 is 1.35 bits per heavy atom. The van der Waals surface area contributed by atoms with E-state index >= 15 is 0 Å². The first kappa shape index (κ1) is 17.3. The van der Waals surface area contributed by atoms with E-state index in [1.54, 1.807) is 13.8 Å². The minimum atomic E-state index is -1.53. The Bertz CT molecular complexity index is 250. The van der Waals surface area contributed by atoms with Gasteiger partial charge in [-0.2, -0.15) is 0 Å². The molecule has 0 aromatic heterocycles. The molecule has 0 aromatic carbocycles. The van der Waals surface area contributed by atoms with Crippen LogP contribution in [0.2, 0.25) is 32.2 Å². The van der Waals surface area contributed by atoms with Crippen molar-refractivity contribution in [2.45, 2.75) is 56.8 Å². The molecule has 0 saturated carbocycles. The summed E-state index contributed by atoms with van der Waals surface area (Å²) in [7, 11) is -2.47. The van der Waals surface area contributed by atoms with Crippen molar-refractivity contribution in [3.05, 3.63) is 0 Å². The van der Waals surface area contributed by atoms with Crippen LogP contribution in [0.25, 0.3) is 0 Å². The highest BCUT2D eigenvalue weighted by atomic mass is 79.9.